The standard InChI is InChI=1S/C9H13NO3.ClH/c1-6(2)7-3-8(9(11)12)5-10(13)4-7;/h3-4,6,10H,5H2,1-2H3,(H,11,12);1H. The van der Waals surface area contributed by atoms with E-state index in [-0.39, 0.29) is 35.5 Å². The lowest BCUT2D eigenvalue weighted by Gasteiger charge is -2.24. The highest BCUT2D eigenvalue weighted by atomic mass is 35.5. The molecule has 1 rings (SSSR count). The predicted octanol–water partition coefficient (Wildman–Crippen LogP) is 0.355. The van der Waals surface area contributed by atoms with E-state index in [2.05, 4.69) is 0 Å². The summed E-state index contributed by atoms with van der Waals surface area (Å²) in [6.45, 7) is 3.88. The fourth-order valence-corrected chi connectivity index (χ4v) is 1.19. The van der Waals surface area contributed by atoms with Crippen LogP contribution < -0.4 is 5.06 Å². The van der Waals surface area contributed by atoms with Crippen LogP contribution in [-0.2, 0) is 4.79 Å². The molecule has 0 aromatic heterocycles. The lowest BCUT2D eigenvalue weighted by Crippen LogP contribution is -3.03. The highest BCUT2D eigenvalue weighted by Gasteiger charge is 2.18. The van der Waals surface area contributed by atoms with E-state index in [9.17, 15) is 10.0 Å². The molecule has 1 heterocycles. The quantitative estimate of drug-likeness (QED) is 0.659. The summed E-state index contributed by atoms with van der Waals surface area (Å²) in [6, 6.07) is 0. The molecule has 0 amide bonds. The van der Waals surface area contributed by atoms with Crippen molar-refractivity contribution in [3.05, 3.63) is 28.6 Å². The number of hydroxylamine groups is 2. The van der Waals surface area contributed by atoms with Crippen molar-refractivity contribution in [2.24, 2.45) is 5.92 Å². The first-order valence-corrected chi connectivity index (χ1v) is 4.19. The van der Waals surface area contributed by atoms with Gasteiger partial charge in [-0.1, -0.05) is 13.8 Å². The minimum Gasteiger partial charge on any atom is -0.629 e. The second-order valence-electron chi connectivity index (χ2n) is 3.42. The van der Waals surface area contributed by atoms with Gasteiger partial charge in [0.1, 0.15) is 6.54 Å². The molecule has 0 aliphatic carbocycles. The second kappa shape index (κ2) is 5.14. The van der Waals surface area contributed by atoms with Crippen LogP contribution >= 0.6 is 12.4 Å². The molecule has 14 heavy (non-hydrogen) atoms. The van der Waals surface area contributed by atoms with E-state index in [4.69, 9.17) is 5.11 Å². The summed E-state index contributed by atoms with van der Waals surface area (Å²) in [4.78, 5) is 10.6. The number of rotatable bonds is 2. The van der Waals surface area contributed by atoms with Crippen molar-refractivity contribution in [3.63, 3.8) is 0 Å². The summed E-state index contributed by atoms with van der Waals surface area (Å²) in [5.41, 5.74) is 0.991. The van der Waals surface area contributed by atoms with E-state index in [1.807, 2.05) is 13.8 Å². The van der Waals surface area contributed by atoms with Crippen molar-refractivity contribution in [1.29, 1.82) is 0 Å². The van der Waals surface area contributed by atoms with Gasteiger partial charge in [0.2, 0.25) is 0 Å². The highest BCUT2D eigenvalue weighted by molar-refractivity contribution is 5.87. The Balaban J connectivity index is 0.00000169. The molecule has 4 nitrogen and oxygen atoms in total. The van der Waals surface area contributed by atoms with Gasteiger partial charge < -0.3 is 15.4 Å². The Labute approximate surface area is 88.9 Å². The third-order valence-electron chi connectivity index (χ3n) is 1.97. The van der Waals surface area contributed by atoms with E-state index < -0.39 is 5.97 Å². The van der Waals surface area contributed by atoms with Gasteiger partial charge in [-0.25, -0.2) is 4.79 Å². The molecular formula is C9H14ClNO3. The number of aliphatic carboxylic acids is 1. The topological polar surface area (TPSA) is 64.8 Å². The molecule has 0 fully saturated rings. The molecule has 0 spiro atoms. The zero-order valence-corrected chi connectivity index (χ0v) is 8.93. The van der Waals surface area contributed by atoms with Crippen LogP contribution in [0.5, 0.6) is 0 Å². The van der Waals surface area contributed by atoms with Crippen LogP contribution in [0, 0.1) is 11.1 Å². The maximum Gasteiger partial charge on any atom is 0.337 e. The molecule has 2 N–H and O–H groups in total. The Morgan fingerprint density at radius 1 is 1.64 bits per heavy atom. The van der Waals surface area contributed by atoms with Crippen molar-refractivity contribution < 1.29 is 15.0 Å². The van der Waals surface area contributed by atoms with Gasteiger partial charge in [0.25, 0.3) is 0 Å². The number of halogens is 1. The third-order valence-corrected chi connectivity index (χ3v) is 1.97. The van der Waals surface area contributed by atoms with Crippen molar-refractivity contribution in [1.82, 2.24) is 0 Å². The van der Waals surface area contributed by atoms with Gasteiger partial charge in [0.15, 0.2) is 0 Å². The Morgan fingerprint density at radius 3 is 2.64 bits per heavy atom. The summed E-state index contributed by atoms with van der Waals surface area (Å²) in [5, 5.41) is 19.7. The zero-order chi connectivity index (χ0) is 10.0. The van der Waals surface area contributed by atoms with Crippen LogP contribution in [0.4, 0.5) is 0 Å². The number of carboxylic acid groups (broad SMARTS) is 1. The van der Waals surface area contributed by atoms with Crippen LogP contribution in [0.3, 0.4) is 0 Å². The largest absolute Gasteiger partial charge is 0.629 e. The molecule has 0 saturated carbocycles. The monoisotopic (exact) mass is 219 g/mol. The number of nitrogens with one attached hydrogen (secondary N) is 1. The summed E-state index contributed by atoms with van der Waals surface area (Å²) >= 11 is 0. The van der Waals surface area contributed by atoms with Gasteiger partial charge in [0.05, 0.1) is 11.8 Å². The minimum absolute atomic E-state index is 0. The predicted molar refractivity (Wildman–Crippen MR) is 55.1 cm³/mol. The summed E-state index contributed by atoms with van der Waals surface area (Å²) < 4.78 is 0. The maximum atomic E-state index is 11.1. The van der Waals surface area contributed by atoms with Crippen LogP contribution in [0.2, 0.25) is 0 Å². The number of quaternary nitrogens is 1. The number of hydrogen-bond acceptors (Lipinski definition) is 2. The molecule has 1 unspecified atom stereocenters. The van der Waals surface area contributed by atoms with Crippen LogP contribution in [0.1, 0.15) is 13.8 Å². The van der Waals surface area contributed by atoms with Crippen LogP contribution in [-0.4, -0.2) is 17.6 Å². The van der Waals surface area contributed by atoms with E-state index in [1.165, 1.54) is 6.20 Å². The molecule has 80 valence electrons. The number of hydrogen-bond donors (Lipinski definition) is 2. The lowest BCUT2D eigenvalue weighted by molar-refractivity contribution is -0.786. The number of carbonyl (C=O) groups is 1. The third kappa shape index (κ3) is 3.14. The zero-order valence-electron chi connectivity index (χ0n) is 8.11. The van der Waals surface area contributed by atoms with Gasteiger partial charge >= 0.3 is 5.97 Å². The normalized spacial score (nSPS) is 21.0. The van der Waals surface area contributed by atoms with E-state index in [0.29, 0.717) is 0 Å². The Morgan fingerprint density at radius 2 is 2.21 bits per heavy atom. The van der Waals surface area contributed by atoms with Gasteiger partial charge in [-0.05, 0) is 12.0 Å². The van der Waals surface area contributed by atoms with E-state index in [1.54, 1.807) is 6.08 Å². The number of carboxylic acids is 1. The Kier molecular flexibility index (Phi) is 4.83. The first kappa shape index (κ1) is 13.2. The summed E-state index contributed by atoms with van der Waals surface area (Å²) in [5.74, 6) is -0.807. The Hall–Kier alpha value is -0.840. The Bertz CT molecular complexity index is 284. The first-order valence-electron chi connectivity index (χ1n) is 4.19. The minimum atomic E-state index is -1.00. The van der Waals surface area contributed by atoms with Crippen LogP contribution in [0.15, 0.2) is 23.4 Å². The van der Waals surface area contributed by atoms with Crippen molar-refractivity contribution >= 4 is 18.4 Å². The van der Waals surface area contributed by atoms with Crippen molar-refractivity contribution in [2.75, 3.05) is 6.54 Å². The average molecular weight is 220 g/mol. The molecule has 1 aliphatic heterocycles. The van der Waals surface area contributed by atoms with Crippen LogP contribution in [0.25, 0.3) is 0 Å². The first-order chi connectivity index (χ1) is 6.00. The molecule has 1 atom stereocenters. The smallest absolute Gasteiger partial charge is 0.337 e. The molecule has 0 saturated heterocycles. The highest BCUT2D eigenvalue weighted by Crippen LogP contribution is 2.13. The molecule has 0 bridgehead atoms. The van der Waals surface area contributed by atoms with Gasteiger partial charge in [-0.3, -0.25) is 0 Å². The molecule has 0 aromatic carbocycles. The lowest BCUT2D eigenvalue weighted by atomic mass is 9.99. The molecular weight excluding hydrogens is 206 g/mol. The van der Waals surface area contributed by atoms with E-state index in [0.717, 1.165) is 5.57 Å². The molecule has 1 aliphatic rings. The second-order valence-corrected chi connectivity index (χ2v) is 3.42. The maximum absolute atomic E-state index is 11.1. The SMILES string of the molecule is CC(C)C1=C[NH+]([O-])CC(C(=O)O)=C1.Cl. The average Bonchev–Trinajstić information content (AvgIpc) is 2.03. The van der Waals surface area contributed by atoms with Crippen molar-refractivity contribution in [2.45, 2.75) is 13.8 Å². The number of allylic oxidation sites excluding steroid dienone is 2. The summed E-state index contributed by atoms with van der Waals surface area (Å²) in [7, 11) is 0. The van der Waals surface area contributed by atoms with Gasteiger partial charge in [0, 0.05) is 5.57 Å². The fraction of sp³-hybridized carbons (Fsp3) is 0.444. The van der Waals surface area contributed by atoms with Gasteiger partial charge in [-0.15, -0.1) is 12.4 Å². The fourth-order valence-electron chi connectivity index (χ4n) is 1.19. The molecule has 5 heteroatoms. The van der Waals surface area contributed by atoms with Gasteiger partial charge in [-0.2, -0.15) is 0 Å². The van der Waals surface area contributed by atoms with Crippen molar-refractivity contribution in [3.8, 4) is 0 Å². The molecule has 0 radical (unpaired) electrons. The van der Waals surface area contributed by atoms with E-state index >= 15 is 0 Å². The summed E-state index contributed by atoms with van der Waals surface area (Å²) in [6.07, 6.45) is 3.12. The molecule has 0 aromatic rings.